The number of amides is 1. The lowest BCUT2D eigenvalue weighted by molar-refractivity contribution is -0.117. The summed E-state index contributed by atoms with van der Waals surface area (Å²) < 4.78 is 1.63. The van der Waals surface area contributed by atoms with Crippen molar-refractivity contribution in [3.8, 4) is 0 Å². The summed E-state index contributed by atoms with van der Waals surface area (Å²) in [5.74, 6) is -0.229. The standard InChI is InChI=1S/C15H20N4O/c1-9-5-10(2)14(11(3)6-9)18-15(20)13(16)12-7-17-19(4)8-12/h5-8,13H,16H2,1-4H3,(H,18,20). The summed E-state index contributed by atoms with van der Waals surface area (Å²) in [6, 6.07) is 3.36. The fourth-order valence-electron chi connectivity index (χ4n) is 2.33. The molecule has 1 atom stereocenters. The van der Waals surface area contributed by atoms with Crippen molar-refractivity contribution < 1.29 is 4.79 Å². The molecule has 0 aliphatic heterocycles. The maximum absolute atomic E-state index is 12.2. The van der Waals surface area contributed by atoms with Gasteiger partial charge in [-0.05, 0) is 31.9 Å². The first-order valence-corrected chi connectivity index (χ1v) is 6.51. The first kappa shape index (κ1) is 14.3. The predicted molar refractivity (Wildman–Crippen MR) is 79.4 cm³/mol. The minimum Gasteiger partial charge on any atom is -0.324 e. The fourth-order valence-corrected chi connectivity index (χ4v) is 2.33. The van der Waals surface area contributed by atoms with Gasteiger partial charge in [0.2, 0.25) is 5.91 Å². The van der Waals surface area contributed by atoms with Crippen LogP contribution in [-0.2, 0) is 11.8 Å². The lowest BCUT2D eigenvalue weighted by Gasteiger charge is -2.15. The summed E-state index contributed by atoms with van der Waals surface area (Å²) in [4.78, 5) is 12.2. The molecule has 3 N–H and O–H groups in total. The Kier molecular flexibility index (Phi) is 3.90. The first-order valence-electron chi connectivity index (χ1n) is 6.51. The Balaban J connectivity index is 2.20. The van der Waals surface area contributed by atoms with Crippen LogP contribution in [0.25, 0.3) is 0 Å². The summed E-state index contributed by atoms with van der Waals surface area (Å²) in [7, 11) is 1.79. The van der Waals surface area contributed by atoms with E-state index in [1.54, 1.807) is 24.1 Å². The van der Waals surface area contributed by atoms with Gasteiger partial charge in [0.1, 0.15) is 6.04 Å². The molecule has 1 amide bonds. The van der Waals surface area contributed by atoms with Crippen molar-refractivity contribution in [1.29, 1.82) is 0 Å². The van der Waals surface area contributed by atoms with Crippen molar-refractivity contribution in [3.63, 3.8) is 0 Å². The summed E-state index contributed by atoms with van der Waals surface area (Å²) in [5.41, 5.74) is 10.7. The number of aryl methyl sites for hydroxylation is 4. The zero-order valence-corrected chi connectivity index (χ0v) is 12.3. The van der Waals surface area contributed by atoms with Crippen LogP contribution in [0, 0.1) is 20.8 Å². The number of carbonyl (C=O) groups excluding carboxylic acids is 1. The molecule has 0 radical (unpaired) electrons. The van der Waals surface area contributed by atoms with Crippen LogP contribution in [0.3, 0.4) is 0 Å². The average Bonchev–Trinajstić information content (AvgIpc) is 2.79. The maximum Gasteiger partial charge on any atom is 0.246 e. The van der Waals surface area contributed by atoms with E-state index < -0.39 is 6.04 Å². The van der Waals surface area contributed by atoms with E-state index in [1.807, 2.05) is 32.9 Å². The predicted octanol–water partition coefficient (Wildman–Crippen LogP) is 1.98. The van der Waals surface area contributed by atoms with Crippen molar-refractivity contribution in [2.75, 3.05) is 5.32 Å². The van der Waals surface area contributed by atoms with Crippen LogP contribution in [-0.4, -0.2) is 15.7 Å². The van der Waals surface area contributed by atoms with E-state index in [1.165, 1.54) is 5.56 Å². The molecule has 5 heteroatoms. The Labute approximate surface area is 118 Å². The number of rotatable bonds is 3. The third-order valence-electron chi connectivity index (χ3n) is 3.29. The number of aromatic nitrogens is 2. The summed E-state index contributed by atoms with van der Waals surface area (Å²) in [5, 5.41) is 6.94. The van der Waals surface area contributed by atoms with Gasteiger partial charge in [0.05, 0.1) is 6.20 Å². The van der Waals surface area contributed by atoms with E-state index in [0.717, 1.165) is 16.8 Å². The normalized spacial score (nSPS) is 12.2. The molecule has 5 nitrogen and oxygen atoms in total. The molecular formula is C15H20N4O. The molecule has 1 aromatic carbocycles. The lowest BCUT2D eigenvalue weighted by atomic mass is 10.0. The number of carbonyl (C=O) groups is 1. The monoisotopic (exact) mass is 272 g/mol. The molecule has 106 valence electrons. The summed E-state index contributed by atoms with van der Waals surface area (Å²) in [6.45, 7) is 5.99. The molecule has 1 unspecified atom stereocenters. The third kappa shape index (κ3) is 2.88. The zero-order chi connectivity index (χ0) is 14.9. The number of nitrogens with two attached hydrogens (primary N) is 1. The van der Waals surface area contributed by atoms with Crippen molar-refractivity contribution in [2.24, 2.45) is 12.8 Å². The number of hydrogen-bond acceptors (Lipinski definition) is 3. The molecule has 2 rings (SSSR count). The number of nitrogens with one attached hydrogen (secondary N) is 1. The quantitative estimate of drug-likeness (QED) is 0.897. The lowest BCUT2D eigenvalue weighted by Crippen LogP contribution is -2.28. The second-order valence-corrected chi connectivity index (χ2v) is 5.19. The van der Waals surface area contributed by atoms with Gasteiger partial charge in [0, 0.05) is 24.5 Å². The Bertz CT molecular complexity index is 622. The molecule has 0 fully saturated rings. The maximum atomic E-state index is 12.2. The molecule has 0 aliphatic rings. The minimum atomic E-state index is -0.719. The molecule has 1 heterocycles. The van der Waals surface area contributed by atoms with Gasteiger partial charge < -0.3 is 11.1 Å². The molecule has 0 saturated heterocycles. The highest BCUT2D eigenvalue weighted by molar-refractivity contribution is 5.96. The van der Waals surface area contributed by atoms with Crippen LogP contribution < -0.4 is 11.1 Å². The number of nitrogens with zero attached hydrogens (tertiary/aromatic N) is 2. The van der Waals surface area contributed by atoms with Gasteiger partial charge in [0.25, 0.3) is 0 Å². The molecule has 2 aromatic rings. The van der Waals surface area contributed by atoms with Gasteiger partial charge in [0.15, 0.2) is 0 Å². The second kappa shape index (κ2) is 5.46. The SMILES string of the molecule is Cc1cc(C)c(NC(=O)C(N)c2cnn(C)c2)c(C)c1. The van der Waals surface area contributed by atoms with Crippen molar-refractivity contribution in [1.82, 2.24) is 9.78 Å². The van der Waals surface area contributed by atoms with Crippen LogP contribution >= 0.6 is 0 Å². The number of benzene rings is 1. The molecule has 0 aliphatic carbocycles. The van der Waals surface area contributed by atoms with Gasteiger partial charge in [-0.3, -0.25) is 9.48 Å². The zero-order valence-electron chi connectivity index (χ0n) is 12.3. The van der Waals surface area contributed by atoms with Crippen LogP contribution in [0.4, 0.5) is 5.69 Å². The largest absolute Gasteiger partial charge is 0.324 e. The fraction of sp³-hybridized carbons (Fsp3) is 0.333. The van der Waals surface area contributed by atoms with Gasteiger partial charge in [-0.25, -0.2) is 0 Å². The second-order valence-electron chi connectivity index (χ2n) is 5.19. The van der Waals surface area contributed by atoms with E-state index >= 15 is 0 Å². The summed E-state index contributed by atoms with van der Waals surface area (Å²) >= 11 is 0. The Morgan fingerprint density at radius 2 is 1.90 bits per heavy atom. The first-order chi connectivity index (χ1) is 9.38. The van der Waals surface area contributed by atoms with E-state index in [2.05, 4.69) is 10.4 Å². The van der Waals surface area contributed by atoms with Crippen LogP contribution in [0.2, 0.25) is 0 Å². The van der Waals surface area contributed by atoms with Gasteiger partial charge in [-0.2, -0.15) is 5.10 Å². The van der Waals surface area contributed by atoms with Crippen LogP contribution in [0.15, 0.2) is 24.5 Å². The van der Waals surface area contributed by atoms with Crippen molar-refractivity contribution in [3.05, 3.63) is 46.8 Å². The molecular weight excluding hydrogens is 252 g/mol. The smallest absolute Gasteiger partial charge is 0.246 e. The highest BCUT2D eigenvalue weighted by Crippen LogP contribution is 2.23. The average molecular weight is 272 g/mol. The number of hydrogen-bond donors (Lipinski definition) is 2. The third-order valence-corrected chi connectivity index (χ3v) is 3.29. The van der Waals surface area contributed by atoms with Crippen LogP contribution in [0.5, 0.6) is 0 Å². The molecule has 0 saturated carbocycles. The molecule has 1 aromatic heterocycles. The van der Waals surface area contributed by atoms with E-state index in [4.69, 9.17) is 5.73 Å². The highest BCUT2D eigenvalue weighted by atomic mass is 16.2. The Morgan fingerprint density at radius 3 is 2.40 bits per heavy atom. The molecule has 20 heavy (non-hydrogen) atoms. The van der Waals surface area contributed by atoms with E-state index in [-0.39, 0.29) is 5.91 Å². The van der Waals surface area contributed by atoms with Crippen LogP contribution in [0.1, 0.15) is 28.3 Å². The summed E-state index contributed by atoms with van der Waals surface area (Å²) in [6.07, 6.45) is 3.36. The van der Waals surface area contributed by atoms with Gasteiger partial charge >= 0.3 is 0 Å². The molecule has 0 spiro atoms. The minimum absolute atomic E-state index is 0.229. The van der Waals surface area contributed by atoms with E-state index in [0.29, 0.717) is 5.56 Å². The highest BCUT2D eigenvalue weighted by Gasteiger charge is 2.18. The van der Waals surface area contributed by atoms with E-state index in [9.17, 15) is 4.79 Å². The molecule has 0 bridgehead atoms. The van der Waals surface area contributed by atoms with Gasteiger partial charge in [-0.15, -0.1) is 0 Å². The van der Waals surface area contributed by atoms with Gasteiger partial charge in [-0.1, -0.05) is 17.7 Å². The topological polar surface area (TPSA) is 72.9 Å². The number of anilines is 1. The van der Waals surface area contributed by atoms with Crippen molar-refractivity contribution >= 4 is 11.6 Å². The van der Waals surface area contributed by atoms with Crippen molar-refractivity contribution in [2.45, 2.75) is 26.8 Å². The Hall–Kier alpha value is -2.14. The Morgan fingerprint density at radius 1 is 1.30 bits per heavy atom.